The van der Waals surface area contributed by atoms with Gasteiger partial charge in [-0.1, -0.05) is 24.3 Å². The Morgan fingerprint density at radius 3 is 2.66 bits per heavy atom. The smallest absolute Gasteiger partial charge is 0.341 e. The minimum atomic E-state index is -1.06. The van der Waals surface area contributed by atoms with Gasteiger partial charge in [0.05, 0.1) is 12.7 Å². The summed E-state index contributed by atoms with van der Waals surface area (Å²) in [5.74, 6) is 0.939. The largest absolute Gasteiger partial charge is 0.507 e. The number of carbonyl (C=O) groups is 1. The van der Waals surface area contributed by atoms with Crippen molar-refractivity contribution in [2.24, 2.45) is 0 Å². The second kappa shape index (κ2) is 8.92. The third kappa shape index (κ3) is 4.73. The Morgan fingerprint density at radius 1 is 1.17 bits per heavy atom. The first-order chi connectivity index (χ1) is 14.0. The Balaban J connectivity index is 1.85. The summed E-state index contributed by atoms with van der Waals surface area (Å²) in [6, 6.07) is 12.1. The number of aromatic nitrogens is 3. The van der Waals surface area contributed by atoms with E-state index in [-0.39, 0.29) is 5.75 Å². The minimum absolute atomic E-state index is 0.145. The Kier molecular flexibility index (Phi) is 6.13. The first kappa shape index (κ1) is 19.9. The molecule has 0 unspecified atom stereocenters. The fourth-order valence-electron chi connectivity index (χ4n) is 2.73. The Labute approximate surface area is 167 Å². The maximum atomic E-state index is 10.7. The highest BCUT2D eigenvalue weighted by Crippen LogP contribution is 2.29. The summed E-state index contributed by atoms with van der Waals surface area (Å²) in [6.45, 7) is 2.11. The maximum absolute atomic E-state index is 10.7. The zero-order valence-electron chi connectivity index (χ0n) is 16.1. The van der Waals surface area contributed by atoms with Crippen molar-refractivity contribution in [3.05, 3.63) is 53.9 Å². The molecule has 0 radical (unpaired) electrons. The van der Waals surface area contributed by atoms with Gasteiger partial charge in [0, 0.05) is 6.54 Å². The number of aromatic hydroxyl groups is 1. The number of hydrogen-bond donors (Lipinski definition) is 2. The second-order valence-corrected chi connectivity index (χ2v) is 6.05. The van der Waals surface area contributed by atoms with Gasteiger partial charge in [-0.15, -0.1) is 0 Å². The standard InChI is InChI=1S/C21H21N3O5/c1-3-24-21(15-6-4-5-7-16(15)25)22-19(23-24)11-9-14-8-10-17(18(12-14)28-2)29-13-20(26)27/h4-12,25H,3,13H2,1-2H3,(H,26,27)/b11-9+. The van der Waals surface area contributed by atoms with Gasteiger partial charge in [0.2, 0.25) is 0 Å². The highest BCUT2D eigenvalue weighted by Gasteiger charge is 2.13. The number of aryl methyl sites for hydroxylation is 1. The average molecular weight is 395 g/mol. The molecule has 0 aliphatic heterocycles. The van der Waals surface area contributed by atoms with E-state index in [9.17, 15) is 9.90 Å². The van der Waals surface area contributed by atoms with Crippen molar-refractivity contribution in [3.63, 3.8) is 0 Å². The first-order valence-corrected chi connectivity index (χ1v) is 8.95. The minimum Gasteiger partial charge on any atom is -0.507 e. The van der Waals surface area contributed by atoms with E-state index < -0.39 is 12.6 Å². The van der Waals surface area contributed by atoms with Crippen LogP contribution in [0.15, 0.2) is 42.5 Å². The molecule has 0 aliphatic carbocycles. The fourth-order valence-corrected chi connectivity index (χ4v) is 2.73. The van der Waals surface area contributed by atoms with Crippen LogP contribution in [0.1, 0.15) is 18.3 Å². The zero-order chi connectivity index (χ0) is 20.8. The lowest BCUT2D eigenvalue weighted by atomic mass is 10.2. The van der Waals surface area contributed by atoms with Crippen LogP contribution < -0.4 is 9.47 Å². The molecule has 3 aromatic rings. The zero-order valence-corrected chi connectivity index (χ0v) is 16.1. The summed E-state index contributed by atoms with van der Waals surface area (Å²) >= 11 is 0. The normalized spacial score (nSPS) is 11.0. The van der Waals surface area contributed by atoms with Crippen LogP contribution in [0.25, 0.3) is 23.5 Å². The van der Waals surface area contributed by atoms with Gasteiger partial charge in [-0.25, -0.2) is 14.5 Å². The number of rotatable bonds is 8. The number of para-hydroxylation sites is 1. The topological polar surface area (TPSA) is 107 Å². The van der Waals surface area contributed by atoms with Crippen LogP contribution in [0.2, 0.25) is 0 Å². The van der Waals surface area contributed by atoms with Crippen LogP contribution >= 0.6 is 0 Å². The van der Waals surface area contributed by atoms with Gasteiger partial charge < -0.3 is 19.7 Å². The van der Waals surface area contributed by atoms with Crippen LogP contribution in [0.4, 0.5) is 0 Å². The molecular weight excluding hydrogens is 374 g/mol. The first-order valence-electron chi connectivity index (χ1n) is 8.95. The molecule has 0 saturated heterocycles. The number of nitrogens with zero attached hydrogens (tertiary/aromatic N) is 3. The number of benzene rings is 2. The van der Waals surface area contributed by atoms with E-state index in [2.05, 4.69) is 10.1 Å². The lowest BCUT2D eigenvalue weighted by Crippen LogP contribution is -2.10. The van der Waals surface area contributed by atoms with Crippen molar-refractivity contribution in [1.29, 1.82) is 0 Å². The van der Waals surface area contributed by atoms with E-state index in [1.54, 1.807) is 47.2 Å². The predicted octanol–water partition coefficient (Wildman–Crippen LogP) is 3.31. The molecule has 0 saturated carbocycles. The van der Waals surface area contributed by atoms with E-state index in [1.165, 1.54) is 7.11 Å². The highest BCUT2D eigenvalue weighted by molar-refractivity contribution is 5.71. The lowest BCUT2D eigenvalue weighted by molar-refractivity contribution is -0.139. The van der Waals surface area contributed by atoms with Gasteiger partial charge in [0.25, 0.3) is 0 Å². The van der Waals surface area contributed by atoms with Gasteiger partial charge in [-0.3, -0.25) is 0 Å². The number of methoxy groups -OCH3 is 1. The maximum Gasteiger partial charge on any atom is 0.341 e. The number of aliphatic carboxylic acids is 1. The number of hydrogen-bond acceptors (Lipinski definition) is 6. The third-order valence-electron chi connectivity index (χ3n) is 4.10. The van der Waals surface area contributed by atoms with Crippen LogP contribution in [-0.2, 0) is 11.3 Å². The van der Waals surface area contributed by atoms with Gasteiger partial charge in [-0.05, 0) is 42.8 Å². The number of phenolic OH excluding ortho intramolecular Hbond substituents is 1. The molecule has 3 rings (SSSR count). The van der Waals surface area contributed by atoms with Crippen LogP contribution in [-0.4, -0.2) is 44.7 Å². The molecule has 1 aromatic heterocycles. The van der Waals surface area contributed by atoms with Crippen LogP contribution in [0.5, 0.6) is 17.2 Å². The average Bonchev–Trinajstić information content (AvgIpc) is 3.14. The van der Waals surface area contributed by atoms with Gasteiger partial charge in [0.1, 0.15) is 5.75 Å². The molecular formula is C21H21N3O5. The van der Waals surface area contributed by atoms with Crippen LogP contribution in [0.3, 0.4) is 0 Å². The van der Waals surface area contributed by atoms with Crippen molar-refractivity contribution >= 4 is 18.1 Å². The summed E-state index contributed by atoms with van der Waals surface area (Å²) in [5.41, 5.74) is 1.42. The number of ether oxygens (including phenoxy) is 2. The second-order valence-electron chi connectivity index (χ2n) is 6.05. The highest BCUT2D eigenvalue weighted by atomic mass is 16.5. The summed E-state index contributed by atoms with van der Waals surface area (Å²) < 4.78 is 12.2. The van der Waals surface area contributed by atoms with E-state index >= 15 is 0 Å². The molecule has 0 spiro atoms. The number of carboxylic acids is 1. The summed E-state index contributed by atoms with van der Waals surface area (Å²) in [7, 11) is 1.49. The molecule has 2 aromatic carbocycles. The summed E-state index contributed by atoms with van der Waals surface area (Å²) in [4.78, 5) is 15.2. The fraction of sp³-hybridized carbons (Fsp3) is 0.190. The van der Waals surface area contributed by atoms with Crippen molar-refractivity contribution in [2.75, 3.05) is 13.7 Å². The molecule has 29 heavy (non-hydrogen) atoms. The molecule has 0 fully saturated rings. The Hall–Kier alpha value is -3.81. The molecule has 8 heteroatoms. The number of phenols is 1. The van der Waals surface area contributed by atoms with Crippen molar-refractivity contribution in [1.82, 2.24) is 14.8 Å². The van der Waals surface area contributed by atoms with Crippen molar-refractivity contribution < 1.29 is 24.5 Å². The van der Waals surface area contributed by atoms with Gasteiger partial charge in [0.15, 0.2) is 29.8 Å². The summed E-state index contributed by atoms with van der Waals surface area (Å²) in [5, 5.41) is 23.3. The van der Waals surface area contributed by atoms with E-state index in [1.807, 2.05) is 19.1 Å². The van der Waals surface area contributed by atoms with Crippen LogP contribution in [0, 0.1) is 0 Å². The molecule has 2 N–H and O–H groups in total. The SMILES string of the molecule is CCn1nc(/C=C/c2ccc(OCC(=O)O)c(OC)c2)nc1-c1ccccc1O. The monoisotopic (exact) mass is 395 g/mol. The molecule has 8 nitrogen and oxygen atoms in total. The Morgan fingerprint density at radius 2 is 1.97 bits per heavy atom. The molecule has 150 valence electrons. The van der Waals surface area contributed by atoms with Gasteiger partial charge in [-0.2, -0.15) is 5.10 Å². The van der Waals surface area contributed by atoms with E-state index in [0.29, 0.717) is 35.3 Å². The molecule has 0 bridgehead atoms. The lowest BCUT2D eigenvalue weighted by Gasteiger charge is -2.09. The van der Waals surface area contributed by atoms with Crippen molar-refractivity contribution in [2.45, 2.75) is 13.5 Å². The summed E-state index contributed by atoms with van der Waals surface area (Å²) in [6.07, 6.45) is 3.57. The molecule has 1 heterocycles. The van der Waals surface area contributed by atoms with Crippen molar-refractivity contribution in [3.8, 4) is 28.6 Å². The quantitative estimate of drug-likeness (QED) is 0.602. The molecule has 0 atom stereocenters. The molecule has 0 amide bonds. The van der Waals surface area contributed by atoms with Gasteiger partial charge >= 0.3 is 5.97 Å². The Bertz CT molecular complexity index is 1040. The molecule has 0 aliphatic rings. The predicted molar refractivity (Wildman–Crippen MR) is 108 cm³/mol. The third-order valence-corrected chi connectivity index (χ3v) is 4.10. The van der Waals surface area contributed by atoms with E-state index in [4.69, 9.17) is 14.6 Å². The number of carboxylic acid groups (broad SMARTS) is 1. The van der Waals surface area contributed by atoms with E-state index in [0.717, 1.165) is 5.56 Å².